The van der Waals surface area contributed by atoms with Crippen molar-refractivity contribution in [3.05, 3.63) is 19.1 Å². The van der Waals surface area contributed by atoms with Crippen LogP contribution in [0, 0.1) is 6.92 Å². The van der Waals surface area contributed by atoms with E-state index in [1.807, 2.05) is 13.0 Å². The minimum Gasteiger partial charge on any atom is -0.461 e. The molecule has 0 aromatic carbocycles. The van der Waals surface area contributed by atoms with Gasteiger partial charge in [-0.25, -0.2) is 0 Å². The molecule has 2 heteroatoms. The van der Waals surface area contributed by atoms with Gasteiger partial charge in [0.25, 0.3) is 0 Å². The summed E-state index contributed by atoms with van der Waals surface area (Å²) in [5, 5.41) is 0. The maximum Gasteiger partial charge on any atom is 0.306 e. The summed E-state index contributed by atoms with van der Waals surface area (Å²) in [5.74, 6) is -0.476. The minimum atomic E-state index is -0.476. The van der Waals surface area contributed by atoms with Crippen LogP contribution in [0.4, 0.5) is 0 Å². The van der Waals surface area contributed by atoms with Crippen LogP contribution in [-0.2, 0) is 9.53 Å². The van der Waals surface area contributed by atoms with E-state index < -0.39 is 5.97 Å². The summed E-state index contributed by atoms with van der Waals surface area (Å²) in [6.07, 6.45) is 4.70. The predicted molar refractivity (Wildman–Crippen MR) is 35.7 cm³/mol. The molecule has 0 aromatic rings. The smallest absolute Gasteiger partial charge is 0.306 e. The van der Waals surface area contributed by atoms with E-state index in [-0.39, 0.29) is 0 Å². The summed E-state index contributed by atoms with van der Waals surface area (Å²) >= 11 is 0. The number of allylic oxidation sites excluding steroid dienone is 1. The highest BCUT2D eigenvalue weighted by atomic mass is 16.5. The van der Waals surface area contributed by atoms with Crippen molar-refractivity contribution >= 4 is 5.97 Å². The van der Waals surface area contributed by atoms with Gasteiger partial charge in [0.05, 0.1) is 6.92 Å². The molecule has 0 saturated heterocycles. The Labute approximate surface area is 55.5 Å². The molecule has 0 N–H and O–H groups in total. The van der Waals surface area contributed by atoms with Crippen molar-refractivity contribution in [2.45, 2.75) is 13.3 Å². The molecule has 1 radical (unpaired) electrons. The van der Waals surface area contributed by atoms with E-state index in [0.717, 1.165) is 6.42 Å². The molecule has 51 valence electrons. The number of carbonyl (C=O) groups is 1. The van der Waals surface area contributed by atoms with E-state index in [1.165, 1.54) is 0 Å². The third-order valence-electron chi connectivity index (χ3n) is 0.743. The van der Waals surface area contributed by atoms with Gasteiger partial charge in [0.1, 0.15) is 6.61 Å². The standard InChI is InChI=1S/C7H11O2/c1-3-4-5-6-9-7(2)8/h4-5H,2-3,6H2,1H3/b5-4+. The summed E-state index contributed by atoms with van der Waals surface area (Å²) in [6, 6.07) is 0. The Kier molecular flexibility index (Phi) is 4.88. The van der Waals surface area contributed by atoms with Crippen LogP contribution >= 0.6 is 0 Å². The predicted octanol–water partition coefficient (Wildman–Crippen LogP) is 1.33. The third-order valence-corrected chi connectivity index (χ3v) is 0.743. The lowest BCUT2D eigenvalue weighted by atomic mass is 10.4. The van der Waals surface area contributed by atoms with Gasteiger partial charge in [-0.3, -0.25) is 4.79 Å². The zero-order valence-electron chi connectivity index (χ0n) is 5.59. The van der Waals surface area contributed by atoms with Gasteiger partial charge in [-0.1, -0.05) is 19.1 Å². The molecule has 0 aliphatic heterocycles. The van der Waals surface area contributed by atoms with Crippen molar-refractivity contribution < 1.29 is 9.53 Å². The molecule has 0 unspecified atom stereocenters. The number of ether oxygens (including phenoxy) is 1. The zero-order valence-corrected chi connectivity index (χ0v) is 5.59. The van der Waals surface area contributed by atoms with Crippen LogP contribution in [0.2, 0.25) is 0 Å². The number of hydrogen-bond acceptors (Lipinski definition) is 2. The highest BCUT2D eigenvalue weighted by molar-refractivity contribution is 5.73. The number of rotatable bonds is 3. The second-order valence-electron chi connectivity index (χ2n) is 1.56. The Balaban J connectivity index is 3.09. The first-order valence-electron chi connectivity index (χ1n) is 2.91. The van der Waals surface area contributed by atoms with E-state index in [4.69, 9.17) is 0 Å². The molecule has 0 fully saturated rings. The molecular formula is C7H11O2. The average Bonchev–Trinajstić information content (AvgIpc) is 1.80. The average molecular weight is 127 g/mol. The van der Waals surface area contributed by atoms with Gasteiger partial charge in [0.15, 0.2) is 0 Å². The van der Waals surface area contributed by atoms with Gasteiger partial charge in [-0.2, -0.15) is 0 Å². The lowest BCUT2D eigenvalue weighted by molar-refractivity contribution is -0.136. The van der Waals surface area contributed by atoms with Gasteiger partial charge in [0, 0.05) is 0 Å². The van der Waals surface area contributed by atoms with Crippen molar-refractivity contribution in [1.82, 2.24) is 0 Å². The van der Waals surface area contributed by atoms with E-state index in [2.05, 4.69) is 11.7 Å². The van der Waals surface area contributed by atoms with E-state index in [0.29, 0.717) is 6.61 Å². The molecule has 0 rings (SSSR count). The van der Waals surface area contributed by atoms with Gasteiger partial charge < -0.3 is 4.74 Å². The zero-order chi connectivity index (χ0) is 7.11. The minimum absolute atomic E-state index is 0.343. The highest BCUT2D eigenvalue weighted by Gasteiger charge is 1.85. The quantitative estimate of drug-likeness (QED) is 0.422. The Bertz CT molecular complexity index is 105. The van der Waals surface area contributed by atoms with E-state index in [9.17, 15) is 4.79 Å². The Morgan fingerprint density at radius 1 is 1.67 bits per heavy atom. The summed E-state index contributed by atoms with van der Waals surface area (Å²) in [7, 11) is 0. The van der Waals surface area contributed by atoms with Gasteiger partial charge in [-0.05, 0) is 6.42 Å². The van der Waals surface area contributed by atoms with Crippen LogP contribution in [-0.4, -0.2) is 12.6 Å². The van der Waals surface area contributed by atoms with Crippen LogP contribution in [0.3, 0.4) is 0 Å². The largest absolute Gasteiger partial charge is 0.461 e. The van der Waals surface area contributed by atoms with E-state index >= 15 is 0 Å². The maximum atomic E-state index is 10.0. The fourth-order valence-electron chi connectivity index (χ4n) is 0.376. The molecule has 0 atom stereocenters. The second-order valence-corrected chi connectivity index (χ2v) is 1.56. The van der Waals surface area contributed by atoms with Crippen LogP contribution in [0.1, 0.15) is 13.3 Å². The van der Waals surface area contributed by atoms with Gasteiger partial charge in [0.2, 0.25) is 0 Å². The monoisotopic (exact) mass is 127 g/mol. The number of hydrogen-bond donors (Lipinski definition) is 0. The molecule has 0 aliphatic carbocycles. The van der Waals surface area contributed by atoms with Crippen molar-refractivity contribution in [1.29, 1.82) is 0 Å². The summed E-state index contributed by atoms with van der Waals surface area (Å²) < 4.78 is 4.51. The van der Waals surface area contributed by atoms with Gasteiger partial charge in [-0.15, -0.1) is 0 Å². The summed E-state index contributed by atoms with van der Waals surface area (Å²) in [4.78, 5) is 10.0. The fourth-order valence-corrected chi connectivity index (χ4v) is 0.376. The molecule has 0 amide bonds. The van der Waals surface area contributed by atoms with Crippen LogP contribution in [0.5, 0.6) is 0 Å². The lowest BCUT2D eigenvalue weighted by Gasteiger charge is -1.92. The lowest BCUT2D eigenvalue weighted by Crippen LogP contribution is -1.97. The first kappa shape index (κ1) is 8.21. The molecule has 0 heterocycles. The molecule has 0 bridgehead atoms. The van der Waals surface area contributed by atoms with E-state index in [1.54, 1.807) is 6.08 Å². The first-order valence-corrected chi connectivity index (χ1v) is 2.91. The SMILES string of the molecule is [CH2]C(=O)OC/C=C/CC. The second kappa shape index (κ2) is 5.35. The van der Waals surface area contributed by atoms with Crippen molar-refractivity contribution in [3.8, 4) is 0 Å². The number of esters is 1. The molecular weight excluding hydrogens is 116 g/mol. The van der Waals surface area contributed by atoms with Crippen molar-refractivity contribution in [3.63, 3.8) is 0 Å². The molecule has 0 spiro atoms. The summed E-state index contributed by atoms with van der Waals surface area (Å²) in [6.45, 7) is 5.40. The molecule has 9 heavy (non-hydrogen) atoms. The number of carbonyl (C=O) groups excluding carboxylic acids is 1. The molecule has 0 aliphatic rings. The summed E-state index contributed by atoms with van der Waals surface area (Å²) in [5.41, 5.74) is 0. The topological polar surface area (TPSA) is 26.3 Å². The maximum absolute atomic E-state index is 10.0. The Hall–Kier alpha value is -0.790. The van der Waals surface area contributed by atoms with Gasteiger partial charge >= 0.3 is 5.97 Å². The Morgan fingerprint density at radius 3 is 2.78 bits per heavy atom. The van der Waals surface area contributed by atoms with Crippen LogP contribution in [0.15, 0.2) is 12.2 Å². The molecule has 0 aromatic heterocycles. The molecule has 0 saturated carbocycles. The third kappa shape index (κ3) is 7.21. The highest BCUT2D eigenvalue weighted by Crippen LogP contribution is 1.81. The normalized spacial score (nSPS) is 10.0. The van der Waals surface area contributed by atoms with Crippen molar-refractivity contribution in [2.24, 2.45) is 0 Å². The molecule has 2 nitrogen and oxygen atoms in total. The fraction of sp³-hybridized carbons (Fsp3) is 0.429. The van der Waals surface area contributed by atoms with Crippen LogP contribution in [0.25, 0.3) is 0 Å². The van der Waals surface area contributed by atoms with Crippen molar-refractivity contribution in [2.75, 3.05) is 6.61 Å². The van der Waals surface area contributed by atoms with Crippen LogP contribution < -0.4 is 0 Å². The first-order chi connectivity index (χ1) is 4.27. The Morgan fingerprint density at radius 2 is 2.33 bits per heavy atom.